The molecule has 1 N–H and O–H groups in total. The molecule has 1 atom stereocenters. The largest absolute Gasteiger partial charge is 0.481 e. The van der Waals surface area contributed by atoms with Crippen LogP contribution in [0.5, 0.6) is 0 Å². The molecule has 2 aliphatic rings. The third-order valence-corrected chi connectivity index (χ3v) is 5.73. The number of amides is 2. The zero-order valence-corrected chi connectivity index (χ0v) is 15.4. The molecule has 0 aliphatic carbocycles. The van der Waals surface area contributed by atoms with Gasteiger partial charge in [-0.3, -0.25) is 14.4 Å². The van der Waals surface area contributed by atoms with E-state index in [9.17, 15) is 14.4 Å². The molecule has 0 spiro atoms. The van der Waals surface area contributed by atoms with Gasteiger partial charge in [-0.1, -0.05) is 12.1 Å². The molecule has 0 radical (unpaired) electrons. The fourth-order valence-electron chi connectivity index (χ4n) is 4.00. The Kier molecular flexibility index (Phi) is 5.30. The van der Waals surface area contributed by atoms with E-state index in [0.29, 0.717) is 19.6 Å². The fraction of sp³-hybridized carbons (Fsp3) is 0.550. The molecule has 26 heavy (non-hydrogen) atoms. The van der Waals surface area contributed by atoms with Crippen molar-refractivity contribution in [1.29, 1.82) is 0 Å². The number of hydrogen-bond donors (Lipinski definition) is 1. The van der Waals surface area contributed by atoms with Crippen molar-refractivity contribution >= 4 is 23.5 Å². The summed E-state index contributed by atoms with van der Waals surface area (Å²) in [6.07, 6.45) is 1.87. The number of aliphatic carboxylic acids is 1. The molecule has 6 heteroatoms. The number of likely N-dealkylation sites (tertiary alicyclic amines) is 1. The Bertz CT molecular complexity index is 723. The summed E-state index contributed by atoms with van der Waals surface area (Å²) in [6, 6.07) is 5.89. The van der Waals surface area contributed by atoms with Crippen molar-refractivity contribution in [2.24, 2.45) is 11.8 Å². The topological polar surface area (TPSA) is 77.9 Å². The van der Waals surface area contributed by atoms with Gasteiger partial charge in [0.05, 0.1) is 5.92 Å². The minimum Gasteiger partial charge on any atom is -0.481 e. The summed E-state index contributed by atoms with van der Waals surface area (Å²) in [6.45, 7) is 5.62. The second-order valence-electron chi connectivity index (χ2n) is 7.49. The molecule has 3 rings (SSSR count). The maximum atomic E-state index is 12.8. The summed E-state index contributed by atoms with van der Waals surface area (Å²) < 4.78 is 0. The van der Waals surface area contributed by atoms with Gasteiger partial charge in [0.2, 0.25) is 11.8 Å². The summed E-state index contributed by atoms with van der Waals surface area (Å²) in [7, 11) is 0. The highest BCUT2D eigenvalue weighted by Gasteiger charge is 2.38. The monoisotopic (exact) mass is 358 g/mol. The number of rotatable bonds is 4. The highest BCUT2D eigenvalue weighted by Crippen LogP contribution is 2.31. The smallest absolute Gasteiger partial charge is 0.303 e. The van der Waals surface area contributed by atoms with Crippen molar-refractivity contribution in [1.82, 2.24) is 4.90 Å². The van der Waals surface area contributed by atoms with Crippen LogP contribution >= 0.6 is 0 Å². The molecule has 2 amide bonds. The van der Waals surface area contributed by atoms with Crippen LogP contribution in [0.4, 0.5) is 5.69 Å². The van der Waals surface area contributed by atoms with Crippen molar-refractivity contribution in [3.05, 3.63) is 29.3 Å². The molecule has 2 aliphatic heterocycles. The SMILES string of the molecule is Cc1cccc(N2CC(C(=O)N3CCC(CC(=O)O)CC3)CC2=O)c1C. The maximum absolute atomic E-state index is 12.8. The predicted octanol–water partition coefficient (Wildman–Crippen LogP) is 2.37. The number of anilines is 1. The van der Waals surface area contributed by atoms with Crippen LogP contribution in [0.2, 0.25) is 0 Å². The fourth-order valence-corrected chi connectivity index (χ4v) is 4.00. The molecule has 1 aromatic carbocycles. The van der Waals surface area contributed by atoms with Crippen LogP contribution in [0.3, 0.4) is 0 Å². The Morgan fingerprint density at radius 1 is 1.19 bits per heavy atom. The summed E-state index contributed by atoms with van der Waals surface area (Å²) in [4.78, 5) is 39.7. The Hall–Kier alpha value is -2.37. The van der Waals surface area contributed by atoms with E-state index in [1.807, 2.05) is 36.9 Å². The van der Waals surface area contributed by atoms with Gasteiger partial charge in [-0.2, -0.15) is 0 Å². The number of carbonyl (C=O) groups is 3. The lowest BCUT2D eigenvalue weighted by molar-refractivity contribution is -0.139. The molecule has 2 heterocycles. The molecular formula is C20H26N2O4. The van der Waals surface area contributed by atoms with E-state index in [-0.39, 0.29) is 36.5 Å². The molecule has 140 valence electrons. The standard InChI is InChI=1S/C20H26N2O4/c1-13-4-3-5-17(14(13)2)22-12-16(11-18(22)23)20(26)21-8-6-15(7-9-21)10-19(24)25/h3-5,15-16H,6-12H2,1-2H3,(H,24,25). The lowest BCUT2D eigenvalue weighted by Crippen LogP contribution is -2.42. The molecule has 6 nitrogen and oxygen atoms in total. The number of carboxylic acids is 1. The van der Waals surface area contributed by atoms with Crippen LogP contribution in [0.1, 0.15) is 36.8 Å². The minimum absolute atomic E-state index is 0.00202. The van der Waals surface area contributed by atoms with Crippen molar-refractivity contribution in [2.45, 2.75) is 39.5 Å². The van der Waals surface area contributed by atoms with Crippen LogP contribution in [0.25, 0.3) is 0 Å². The van der Waals surface area contributed by atoms with E-state index < -0.39 is 5.97 Å². The first-order valence-electron chi connectivity index (χ1n) is 9.24. The third kappa shape index (κ3) is 3.74. The molecule has 0 saturated carbocycles. The molecule has 1 unspecified atom stereocenters. The van der Waals surface area contributed by atoms with Gasteiger partial charge in [-0.05, 0) is 49.8 Å². The lowest BCUT2D eigenvalue weighted by atomic mass is 9.92. The van der Waals surface area contributed by atoms with E-state index in [2.05, 4.69) is 0 Å². The first kappa shape index (κ1) is 18.4. The third-order valence-electron chi connectivity index (χ3n) is 5.73. The highest BCUT2D eigenvalue weighted by atomic mass is 16.4. The molecule has 2 fully saturated rings. The number of piperidine rings is 1. The summed E-state index contributed by atoms with van der Waals surface area (Å²) >= 11 is 0. The van der Waals surface area contributed by atoms with E-state index in [4.69, 9.17) is 5.11 Å². The lowest BCUT2D eigenvalue weighted by Gasteiger charge is -2.33. The molecule has 2 saturated heterocycles. The van der Waals surface area contributed by atoms with Crippen LogP contribution in [0, 0.1) is 25.7 Å². The summed E-state index contributed by atoms with van der Waals surface area (Å²) in [5.41, 5.74) is 3.10. The number of carbonyl (C=O) groups excluding carboxylic acids is 2. The van der Waals surface area contributed by atoms with Crippen LogP contribution in [-0.4, -0.2) is 47.4 Å². The molecular weight excluding hydrogens is 332 g/mol. The number of hydrogen-bond acceptors (Lipinski definition) is 3. The van der Waals surface area contributed by atoms with E-state index in [1.165, 1.54) is 0 Å². The van der Waals surface area contributed by atoms with Gasteiger partial charge in [-0.25, -0.2) is 0 Å². The average molecular weight is 358 g/mol. The Balaban J connectivity index is 1.63. The van der Waals surface area contributed by atoms with Gasteiger partial charge >= 0.3 is 5.97 Å². The second-order valence-corrected chi connectivity index (χ2v) is 7.49. The normalized spacial score (nSPS) is 21.3. The Labute approximate surface area is 153 Å². The van der Waals surface area contributed by atoms with E-state index in [0.717, 1.165) is 29.7 Å². The maximum Gasteiger partial charge on any atom is 0.303 e. The Morgan fingerprint density at radius 3 is 2.54 bits per heavy atom. The van der Waals surface area contributed by atoms with Gasteiger partial charge in [0.25, 0.3) is 0 Å². The predicted molar refractivity (Wildman–Crippen MR) is 97.9 cm³/mol. The summed E-state index contributed by atoms with van der Waals surface area (Å²) in [5.74, 6) is -0.912. The summed E-state index contributed by atoms with van der Waals surface area (Å²) in [5, 5.41) is 8.90. The van der Waals surface area contributed by atoms with Crippen molar-refractivity contribution in [3.63, 3.8) is 0 Å². The minimum atomic E-state index is -0.777. The van der Waals surface area contributed by atoms with Gasteiger partial charge in [0, 0.05) is 38.2 Å². The van der Waals surface area contributed by atoms with E-state index in [1.54, 1.807) is 4.90 Å². The molecule has 0 bridgehead atoms. The van der Waals surface area contributed by atoms with Gasteiger partial charge in [-0.15, -0.1) is 0 Å². The molecule has 1 aromatic rings. The van der Waals surface area contributed by atoms with Crippen molar-refractivity contribution in [3.8, 4) is 0 Å². The highest BCUT2D eigenvalue weighted by molar-refractivity contribution is 6.01. The second kappa shape index (κ2) is 7.48. The van der Waals surface area contributed by atoms with Gasteiger partial charge in [0.15, 0.2) is 0 Å². The first-order valence-corrected chi connectivity index (χ1v) is 9.24. The van der Waals surface area contributed by atoms with Crippen LogP contribution < -0.4 is 4.90 Å². The number of nitrogens with zero attached hydrogens (tertiary/aromatic N) is 2. The van der Waals surface area contributed by atoms with Crippen molar-refractivity contribution in [2.75, 3.05) is 24.5 Å². The van der Waals surface area contributed by atoms with Gasteiger partial charge in [0.1, 0.15) is 0 Å². The zero-order chi connectivity index (χ0) is 18.8. The molecule has 0 aromatic heterocycles. The Morgan fingerprint density at radius 2 is 1.88 bits per heavy atom. The van der Waals surface area contributed by atoms with Crippen LogP contribution in [0.15, 0.2) is 18.2 Å². The first-order chi connectivity index (χ1) is 12.4. The zero-order valence-electron chi connectivity index (χ0n) is 15.4. The average Bonchev–Trinajstić information content (AvgIpc) is 2.98. The van der Waals surface area contributed by atoms with Crippen LogP contribution in [-0.2, 0) is 14.4 Å². The van der Waals surface area contributed by atoms with E-state index >= 15 is 0 Å². The number of carboxylic acid groups (broad SMARTS) is 1. The number of benzene rings is 1. The quantitative estimate of drug-likeness (QED) is 0.896. The van der Waals surface area contributed by atoms with Crippen molar-refractivity contribution < 1.29 is 19.5 Å². The van der Waals surface area contributed by atoms with Gasteiger partial charge < -0.3 is 14.9 Å². The number of aryl methyl sites for hydroxylation is 1.